The number of fused-ring (bicyclic) bond motifs is 1. The molecule has 4 nitrogen and oxygen atoms in total. The highest BCUT2D eigenvalue weighted by molar-refractivity contribution is 7.90. The number of hydrogen-bond acceptors (Lipinski definition) is 4. The van der Waals surface area contributed by atoms with Crippen LogP contribution in [-0.2, 0) is 9.84 Å². The van der Waals surface area contributed by atoms with Crippen molar-refractivity contribution in [2.24, 2.45) is 0 Å². The van der Waals surface area contributed by atoms with Crippen LogP contribution in [0.3, 0.4) is 0 Å². The summed E-state index contributed by atoms with van der Waals surface area (Å²) in [7, 11) is -4.09. The highest BCUT2D eigenvalue weighted by atomic mass is 32.2. The lowest BCUT2D eigenvalue weighted by molar-refractivity contribution is -0.135. The molecule has 0 amide bonds. The smallest absolute Gasteiger partial charge is 0.344 e. The van der Waals surface area contributed by atoms with Gasteiger partial charge in [-0.15, -0.1) is 0 Å². The van der Waals surface area contributed by atoms with Crippen LogP contribution in [-0.4, -0.2) is 38.4 Å². The van der Waals surface area contributed by atoms with Gasteiger partial charge in [-0.3, -0.25) is 4.79 Å². The minimum atomic E-state index is -4.44. The van der Waals surface area contributed by atoms with Crippen molar-refractivity contribution in [1.82, 2.24) is 0 Å². The second-order valence-electron chi connectivity index (χ2n) is 5.94. The van der Waals surface area contributed by atoms with Crippen LogP contribution in [0.25, 0.3) is 0 Å². The number of sulfone groups is 1. The topological polar surface area (TPSA) is 60.4 Å². The standard InChI is InChI=1S/C14H11F5O4S/c1-24(21,22)8-3-2-7(23-6-4-13(16,17)5-6)9-10(8)12(20)14(18,19)11(9)15/h2-3,6,11H,4-5H2,1H3. The molecule has 0 saturated heterocycles. The highest BCUT2D eigenvalue weighted by Crippen LogP contribution is 2.52. The molecule has 0 aromatic heterocycles. The summed E-state index contributed by atoms with van der Waals surface area (Å²) in [5, 5.41) is 0. The number of halogens is 5. The zero-order valence-electron chi connectivity index (χ0n) is 12.2. The van der Waals surface area contributed by atoms with Crippen LogP contribution < -0.4 is 4.74 Å². The Balaban J connectivity index is 2.10. The number of benzene rings is 1. The van der Waals surface area contributed by atoms with Crippen molar-refractivity contribution in [2.75, 3.05) is 6.26 Å². The maximum Gasteiger partial charge on any atom is 0.344 e. The molecule has 1 unspecified atom stereocenters. The van der Waals surface area contributed by atoms with Gasteiger partial charge < -0.3 is 4.74 Å². The predicted octanol–water partition coefficient (Wildman–Crippen LogP) is 3.11. The van der Waals surface area contributed by atoms with Crippen LogP contribution in [0.15, 0.2) is 17.0 Å². The Morgan fingerprint density at radius 3 is 2.25 bits per heavy atom. The van der Waals surface area contributed by atoms with E-state index >= 15 is 0 Å². The molecule has 1 atom stereocenters. The molecule has 3 rings (SSSR count). The van der Waals surface area contributed by atoms with Gasteiger partial charge in [0, 0.05) is 24.7 Å². The van der Waals surface area contributed by atoms with E-state index < -0.39 is 74.4 Å². The summed E-state index contributed by atoms with van der Waals surface area (Å²) >= 11 is 0. The Kier molecular flexibility index (Phi) is 3.50. The Bertz CT molecular complexity index is 826. The predicted molar refractivity (Wildman–Crippen MR) is 71.3 cm³/mol. The van der Waals surface area contributed by atoms with E-state index in [1.54, 1.807) is 0 Å². The number of ketones is 1. The van der Waals surface area contributed by atoms with Gasteiger partial charge in [-0.1, -0.05) is 0 Å². The summed E-state index contributed by atoms with van der Waals surface area (Å²) in [6.07, 6.45) is -4.78. The molecule has 2 aliphatic carbocycles. The first-order chi connectivity index (χ1) is 10.8. The van der Waals surface area contributed by atoms with Crippen LogP contribution >= 0.6 is 0 Å². The molecule has 0 N–H and O–H groups in total. The van der Waals surface area contributed by atoms with Crippen LogP contribution in [0.2, 0.25) is 0 Å². The molecule has 1 fully saturated rings. The molecule has 0 bridgehead atoms. The molecule has 24 heavy (non-hydrogen) atoms. The van der Waals surface area contributed by atoms with E-state index in [0.717, 1.165) is 12.1 Å². The summed E-state index contributed by atoms with van der Waals surface area (Å²) in [6.45, 7) is 0. The number of alkyl halides is 5. The molecular weight excluding hydrogens is 359 g/mol. The molecule has 0 spiro atoms. The van der Waals surface area contributed by atoms with Crippen molar-refractivity contribution in [1.29, 1.82) is 0 Å². The lowest BCUT2D eigenvalue weighted by Gasteiger charge is -2.35. The van der Waals surface area contributed by atoms with Gasteiger partial charge in [0.15, 0.2) is 9.84 Å². The molecule has 132 valence electrons. The number of hydrogen-bond donors (Lipinski definition) is 0. The van der Waals surface area contributed by atoms with Crippen molar-refractivity contribution in [3.63, 3.8) is 0 Å². The minimum Gasteiger partial charge on any atom is -0.490 e. The lowest BCUT2D eigenvalue weighted by Crippen LogP contribution is -2.43. The number of carbonyl (C=O) groups excluding carboxylic acids is 1. The van der Waals surface area contributed by atoms with Crippen molar-refractivity contribution in [3.8, 4) is 5.75 Å². The molecule has 1 aromatic rings. The van der Waals surface area contributed by atoms with Crippen molar-refractivity contribution >= 4 is 15.6 Å². The third-order valence-corrected chi connectivity index (χ3v) is 5.15. The normalized spacial score (nSPS) is 25.2. The first-order valence-corrected chi connectivity index (χ1v) is 8.72. The summed E-state index contributed by atoms with van der Waals surface area (Å²) in [4.78, 5) is 11.0. The number of carbonyl (C=O) groups is 1. The third-order valence-electron chi connectivity index (χ3n) is 4.01. The fourth-order valence-electron chi connectivity index (χ4n) is 2.81. The zero-order chi connectivity index (χ0) is 18.1. The van der Waals surface area contributed by atoms with Gasteiger partial charge in [0.1, 0.15) is 11.9 Å². The SMILES string of the molecule is CS(=O)(=O)c1ccc(OC2CC(F)(F)C2)c2c1C(=O)C(F)(F)C2F. The summed E-state index contributed by atoms with van der Waals surface area (Å²) in [6, 6.07) is 1.75. The fourth-order valence-corrected chi connectivity index (χ4v) is 3.70. The van der Waals surface area contributed by atoms with Gasteiger partial charge in [0.05, 0.1) is 10.5 Å². The fraction of sp³-hybridized carbons (Fsp3) is 0.500. The maximum atomic E-state index is 14.1. The first-order valence-electron chi connectivity index (χ1n) is 6.83. The Labute approximate surface area is 133 Å². The van der Waals surface area contributed by atoms with Gasteiger partial charge in [0.25, 0.3) is 5.92 Å². The minimum absolute atomic E-state index is 0.518. The summed E-state index contributed by atoms with van der Waals surface area (Å²) in [5.41, 5.74) is -1.87. The molecule has 0 aliphatic heterocycles. The van der Waals surface area contributed by atoms with E-state index in [2.05, 4.69) is 0 Å². The van der Waals surface area contributed by atoms with Gasteiger partial charge in [-0.05, 0) is 12.1 Å². The third kappa shape index (κ3) is 2.47. The van der Waals surface area contributed by atoms with Crippen LogP contribution in [0.1, 0.15) is 34.9 Å². The first kappa shape index (κ1) is 17.1. The van der Waals surface area contributed by atoms with Crippen LogP contribution in [0.5, 0.6) is 5.75 Å². The van der Waals surface area contributed by atoms with Gasteiger partial charge in [-0.25, -0.2) is 21.6 Å². The van der Waals surface area contributed by atoms with Crippen LogP contribution in [0, 0.1) is 0 Å². The highest BCUT2D eigenvalue weighted by Gasteiger charge is 2.59. The maximum absolute atomic E-state index is 14.1. The Hall–Kier alpha value is -1.71. The molecule has 10 heteroatoms. The van der Waals surface area contributed by atoms with E-state index in [-0.39, 0.29) is 0 Å². The number of Topliss-reactive ketones (excluding diaryl/α,β-unsaturated/α-hetero) is 1. The molecule has 0 heterocycles. The number of rotatable bonds is 3. The zero-order valence-corrected chi connectivity index (χ0v) is 13.0. The summed E-state index contributed by atoms with van der Waals surface area (Å²) < 4.78 is 95.7. The van der Waals surface area contributed by atoms with Gasteiger partial charge in [0.2, 0.25) is 12.0 Å². The van der Waals surface area contributed by atoms with Gasteiger partial charge in [-0.2, -0.15) is 8.78 Å². The van der Waals surface area contributed by atoms with Gasteiger partial charge >= 0.3 is 5.92 Å². The van der Waals surface area contributed by atoms with E-state index in [1.807, 2.05) is 0 Å². The number of ether oxygens (including phenoxy) is 1. The van der Waals surface area contributed by atoms with Crippen molar-refractivity contribution in [2.45, 2.75) is 41.9 Å². The van der Waals surface area contributed by atoms with E-state index in [9.17, 15) is 35.2 Å². The second kappa shape index (κ2) is 4.90. The molecule has 2 aliphatic rings. The largest absolute Gasteiger partial charge is 0.490 e. The monoisotopic (exact) mass is 370 g/mol. The second-order valence-corrected chi connectivity index (χ2v) is 7.93. The Morgan fingerprint density at radius 2 is 1.75 bits per heavy atom. The average Bonchev–Trinajstić information content (AvgIpc) is 2.58. The van der Waals surface area contributed by atoms with Crippen molar-refractivity contribution in [3.05, 3.63) is 23.3 Å². The summed E-state index contributed by atoms with van der Waals surface area (Å²) in [5.74, 6) is -9.87. The Morgan fingerprint density at radius 1 is 1.17 bits per heavy atom. The van der Waals surface area contributed by atoms with E-state index in [4.69, 9.17) is 4.74 Å². The van der Waals surface area contributed by atoms with E-state index in [1.165, 1.54) is 0 Å². The molecule has 1 aromatic carbocycles. The van der Waals surface area contributed by atoms with Crippen LogP contribution in [0.4, 0.5) is 22.0 Å². The molecule has 1 saturated carbocycles. The van der Waals surface area contributed by atoms with Crippen molar-refractivity contribution < 1.29 is 39.9 Å². The molecule has 0 radical (unpaired) electrons. The quantitative estimate of drug-likeness (QED) is 0.767. The molecular formula is C14H11F5O4S. The lowest BCUT2D eigenvalue weighted by atomic mass is 9.91. The average molecular weight is 370 g/mol. The van der Waals surface area contributed by atoms with E-state index in [0.29, 0.717) is 6.26 Å².